The summed E-state index contributed by atoms with van der Waals surface area (Å²) in [6, 6.07) is 13.9. The van der Waals surface area contributed by atoms with E-state index in [1.807, 2.05) is 57.2 Å². The molecule has 0 aliphatic heterocycles. The number of carbonyl (C=O) groups excluding carboxylic acids is 1. The standard InChI is InChI=1S/C22H29NO3/c1-5-25-21-13-7-6-11-19(21)12-9-15-23-22(24)18(4)26-20-14-8-10-16(2)17(20)3/h6-8,10-11,13-14,18H,5,9,12,15H2,1-4H3,(H,23,24)/t18-/m0/s1. The highest BCUT2D eigenvalue weighted by atomic mass is 16.5. The van der Waals surface area contributed by atoms with Gasteiger partial charge >= 0.3 is 0 Å². The van der Waals surface area contributed by atoms with Gasteiger partial charge in [-0.15, -0.1) is 0 Å². The number of rotatable bonds is 9. The van der Waals surface area contributed by atoms with Gasteiger partial charge in [-0.2, -0.15) is 0 Å². The third-order valence-electron chi connectivity index (χ3n) is 4.42. The van der Waals surface area contributed by atoms with E-state index in [0.717, 1.165) is 35.5 Å². The Hall–Kier alpha value is -2.49. The van der Waals surface area contributed by atoms with Crippen LogP contribution in [0.1, 0.15) is 37.0 Å². The largest absolute Gasteiger partial charge is 0.494 e. The predicted octanol–water partition coefficient (Wildman–Crippen LogP) is 4.22. The van der Waals surface area contributed by atoms with Crippen LogP contribution in [0.5, 0.6) is 11.5 Å². The van der Waals surface area contributed by atoms with Gasteiger partial charge in [-0.3, -0.25) is 4.79 Å². The Bertz CT molecular complexity index is 727. The second-order valence-corrected chi connectivity index (χ2v) is 6.39. The maximum atomic E-state index is 12.3. The molecule has 4 heteroatoms. The smallest absolute Gasteiger partial charge is 0.260 e. The average Bonchev–Trinajstić information content (AvgIpc) is 2.63. The first-order chi connectivity index (χ1) is 12.5. The number of para-hydroxylation sites is 1. The first kappa shape index (κ1) is 19.8. The molecule has 1 amide bonds. The lowest BCUT2D eigenvalue weighted by atomic mass is 10.1. The third-order valence-corrected chi connectivity index (χ3v) is 4.42. The summed E-state index contributed by atoms with van der Waals surface area (Å²) < 4.78 is 11.5. The fraction of sp³-hybridized carbons (Fsp3) is 0.409. The molecular formula is C22H29NO3. The number of amides is 1. The van der Waals surface area contributed by atoms with E-state index in [1.165, 1.54) is 5.56 Å². The molecule has 0 saturated carbocycles. The summed E-state index contributed by atoms with van der Waals surface area (Å²) in [5, 5.41) is 2.95. The molecule has 0 radical (unpaired) electrons. The second kappa shape index (κ2) is 9.85. The average molecular weight is 355 g/mol. The minimum absolute atomic E-state index is 0.0935. The molecule has 2 aromatic rings. The number of hydrogen-bond acceptors (Lipinski definition) is 3. The van der Waals surface area contributed by atoms with Crippen molar-refractivity contribution in [1.29, 1.82) is 0 Å². The summed E-state index contributed by atoms with van der Waals surface area (Å²) in [4.78, 5) is 12.3. The Kier molecular flexibility index (Phi) is 7.52. The lowest BCUT2D eigenvalue weighted by Gasteiger charge is -2.17. The lowest BCUT2D eigenvalue weighted by Crippen LogP contribution is -2.37. The first-order valence-electron chi connectivity index (χ1n) is 9.24. The first-order valence-corrected chi connectivity index (χ1v) is 9.24. The predicted molar refractivity (Wildman–Crippen MR) is 105 cm³/mol. The van der Waals surface area contributed by atoms with Crippen LogP contribution in [-0.2, 0) is 11.2 Å². The van der Waals surface area contributed by atoms with Gasteiger partial charge in [0.1, 0.15) is 11.5 Å². The zero-order valence-electron chi connectivity index (χ0n) is 16.2. The minimum atomic E-state index is -0.522. The number of nitrogens with one attached hydrogen (secondary N) is 1. The van der Waals surface area contributed by atoms with Crippen LogP contribution in [0.2, 0.25) is 0 Å². The fourth-order valence-corrected chi connectivity index (χ4v) is 2.74. The van der Waals surface area contributed by atoms with Gasteiger partial charge in [0.25, 0.3) is 5.91 Å². The molecule has 0 bridgehead atoms. The summed E-state index contributed by atoms with van der Waals surface area (Å²) >= 11 is 0. The van der Waals surface area contributed by atoms with Gasteiger partial charge in [-0.05, 0) is 69.4 Å². The van der Waals surface area contributed by atoms with Crippen LogP contribution >= 0.6 is 0 Å². The molecule has 2 aromatic carbocycles. The van der Waals surface area contributed by atoms with Crippen LogP contribution in [0.25, 0.3) is 0 Å². The van der Waals surface area contributed by atoms with Crippen molar-refractivity contribution in [3.8, 4) is 11.5 Å². The molecular weight excluding hydrogens is 326 g/mol. The zero-order valence-corrected chi connectivity index (χ0v) is 16.2. The van der Waals surface area contributed by atoms with Crippen LogP contribution < -0.4 is 14.8 Å². The SMILES string of the molecule is CCOc1ccccc1CCCNC(=O)[C@H](C)Oc1cccc(C)c1C. The maximum absolute atomic E-state index is 12.3. The van der Waals surface area contributed by atoms with E-state index in [-0.39, 0.29) is 5.91 Å². The molecule has 1 N–H and O–H groups in total. The Morgan fingerprint density at radius 1 is 1.08 bits per heavy atom. The normalized spacial score (nSPS) is 11.7. The highest BCUT2D eigenvalue weighted by molar-refractivity contribution is 5.80. The third kappa shape index (κ3) is 5.51. The number of benzene rings is 2. The Labute approximate surface area is 156 Å². The van der Waals surface area contributed by atoms with Crippen LogP contribution in [-0.4, -0.2) is 25.2 Å². The molecule has 0 spiro atoms. The van der Waals surface area contributed by atoms with Crippen molar-refractivity contribution in [1.82, 2.24) is 5.32 Å². The minimum Gasteiger partial charge on any atom is -0.494 e. The van der Waals surface area contributed by atoms with Crippen LogP contribution in [0.3, 0.4) is 0 Å². The highest BCUT2D eigenvalue weighted by Gasteiger charge is 2.15. The second-order valence-electron chi connectivity index (χ2n) is 6.39. The molecule has 0 aliphatic carbocycles. The summed E-state index contributed by atoms with van der Waals surface area (Å²) in [6.07, 6.45) is 1.19. The number of hydrogen-bond donors (Lipinski definition) is 1. The molecule has 2 rings (SSSR count). The molecule has 0 aromatic heterocycles. The molecule has 26 heavy (non-hydrogen) atoms. The number of aryl methyl sites for hydroxylation is 2. The molecule has 0 heterocycles. The molecule has 0 saturated heterocycles. The highest BCUT2D eigenvalue weighted by Crippen LogP contribution is 2.22. The Morgan fingerprint density at radius 3 is 2.58 bits per heavy atom. The van der Waals surface area contributed by atoms with Gasteiger partial charge in [0.2, 0.25) is 0 Å². The van der Waals surface area contributed by atoms with Gasteiger partial charge in [0.05, 0.1) is 6.61 Å². The van der Waals surface area contributed by atoms with Crippen LogP contribution in [0, 0.1) is 13.8 Å². The molecule has 1 atom stereocenters. The van der Waals surface area contributed by atoms with E-state index in [1.54, 1.807) is 6.92 Å². The van der Waals surface area contributed by atoms with E-state index < -0.39 is 6.10 Å². The van der Waals surface area contributed by atoms with Crippen molar-refractivity contribution < 1.29 is 14.3 Å². The van der Waals surface area contributed by atoms with Gasteiger partial charge < -0.3 is 14.8 Å². The Balaban J connectivity index is 1.79. The fourth-order valence-electron chi connectivity index (χ4n) is 2.74. The van der Waals surface area contributed by atoms with Crippen molar-refractivity contribution >= 4 is 5.91 Å². The summed E-state index contributed by atoms with van der Waals surface area (Å²) in [6.45, 7) is 9.06. The van der Waals surface area contributed by atoms with Crippen molar-refractivity contribution in [2.45, 2.75) is 46.6 Å². The van der Waals surface area contributed by atoms with Gasteiger partial charge in [0.15, 0.2) is 6.10 Å². The summed E-state index contributed by atoms with van der Waals surface area (Å²) in [5.41, 5.74) is 3.39. The van der Waals surface area contributed by atoms with E-state index >= 15 is 0 Å². The summed E-state index contributed by atoms with van der Waals surface area (Å²) in [5.74, 6) is 1.59. The van der Waals surface area contributed by atoms with Gasteiger partial charge in [-0.1, -0.05) is 30.3 Å². The van der Waals surface area contributed by atoms with E-state index in [4.69, 9.17) is 9.47 Å². The zero-order chi connectivity index (χ0) is 18.9. The van der Waals surface area contributed by atoms with E-state index in [2.05, 4.69) is 11.4 Å². The van der Waals surface area contributed by atoms with Gasteiger partial charge in [0, 0.05) is 6.54 Å². The van der Waals surface area contributed by atoms with Crippen molar-refractivity contribution in [3.05, 3.63) is 59.2 Å². The molecule has 140 valence electrons. The molecule has 0 unspecified atom stereocenters. The van der Waals surface area contributed by atoms with Crippen LogP contribution in [0.15, 0.2) is 42.5 Å². The van der Waals surface area contributed by atoms with E-state index in [9.17, 15) is 4.79 Å². The number of carbonyl (C=O) groups is 1. The van der Waals surface area contributed by atoms with Crippen molar-refractivity contribution in [2.24, 2.45) is 0 Å². The molecule has 0 aliphatic rings. The van der Waals surface area contributed by atoms with Crippen molar-refractivity contribution in [2.75, 3.05) is 13.2 Å². The Morgan fingerprint density at radius 2 is 1.81 bits per heavy atom. The molecule has 4 nitrogen and oxygen atoms in total. The topological polar surface area (TPSA) is 47.6 Å². The van der Waals surface area contributed by atoms with Gasteiger partial charge in [-0.25, -0.2) is 0 Å². The number of ether oxygens (including phenoxy) is 2. The maximum Gasteiger partial charge on any atom is 0.260 e. The van der Waals surface area contributed by atoms with Crippen molar-refractivity contribution in [3.63, 3.8) is 0 Å². The van der Waals surface area contributed by atoms with E-state index in [0.29, 0.717) is 13.2 Å². The lowest BCUT2D eigenvalue weighted by molar-refractivity contribution is -0.127. The quantitative estimate of drug-likeness (QED) is 0.685. The summed E-state index contributed by atoms with van der Waals surface area (Å²) in [7, 11) is 0. The monoisotopic (exact) mass is 355 g/mol. The molecule has 0 fully saturated rings. The van der Waals surface area contributed by atoms with Crippen LogP contribution in [0.4, 0.5) is 0 Å².